The third-order valence-electron chi connectivity index (χ3n) is 3.03. The lowest BCUT2D eigenvalue weighted by Crippen LogP contribution is -2.14. The fourth-order valence-corrected chi connectivity index (χ4v) is 1.87. The van der Waals surface area contributed by atoms with Crippen LogP contribution < -0.4 is 4.74 Å². The highest BCUT2D eigenvalue weighted by atomic mass is 16.5. The summed E-state index contributed by atoms with van der Waals surface area (Å²) in [6, 6.07) is 8.28. The average molecular weight is 232 g/mol. The Bertz CT molecular complexity index is 398. The van der Waals surface area contributed by atoms with E-state index in [4.69, 9.17) is 9.47 Å². The van der Waals surface area contributed by atoms with Gasteiger partial charge in [-0.15, -0.1) is 0 Å². The Kier molecular flexibility index (Phi) is 3.14. The Morgan fingerprint density at radius 3 is 2.35 bits per heavy atom. The summed E-state index contributed by atoms with van der Waals surface area (Å²) in [4.78, 5) is 0. The Morgan fingerprint density at radius 2 is 1.88 bits per heavy atom. The van der Waals surface area contributed by atoms with Crippen LogP contribution in [0.4, 0.5) is 0 Å². The molecule has 0 N–H and O–H groups in total. The third-order valence-corrected chi connectivity index (χ3v) is 3.03. The normalized spacial score (nSPS) is 20.2. The molecule has 1 aliphatic heterocycles. The SMILES string of the molecule is C=C1OCCC1Oc1ccc(C(C)(C)C)cc1. The summed E-state index contributed by atoms with van der Waals surface area (Å²) in [5, 5.41) is 0. The van der Waals surface area contributed by atoms with Crippen molar-refractivity contribution >= 4 is 0 Å². The second-order valence-electron chi connectivity index (χ2n) is 5.48. The van der Waals surface area contributed by atoms with Crippen molar-refractivity contribution in [2.24, 2.45) is 0 Å². The molecule has 92 valence electrons. The molecule has 0 spiro atoms. The van der Waals surface area contributed by atoms with Crippen LogP contribution in [-0.4, -0.2) is 12.7 Å². The molecule has 0 saturated carbocycles. The van der Waals surface area contributed by atoms with Crippen LogP contribution in [0, 0.1) is 0 Å². The van der Waals surface area contributed by atoms with E-state index in [0.717, 1.165) is 17.9 Å². The molecule has 1 fully saturated rings. The summed E-state index contributed by atoms with van der Waals surface area (Å²) in [5.41, 5.74) is 1.49. The molecule has 1 heterocycles. The number of rotatable bonds is 2. The van der Waals surface area contributed by atoms with Crippen LogP contribution in [0.5, 0.6) is 5.75 Å². The summed E-state index contributed by atoms with van der Waals surface area (Å²) in [7, 11) is 0. The van der Waals surface area contributed by atoms with E-state index < -0.39 is 0 Å². The van der Waals surface area contributed by atoms with Gasteiger partial charge in [0.1, 0.15) is 11.5 Å². The summed E-state index contributed by atoms with van der Waals surface area (Å²) >= 11 is 0. The molecule has 0 radical (unpaired) electrons. The first-order chi connectivity index (χ1) is 7.97. The molecule has 0 aliphatic carbocycles. The predicted molar refractivity (Wildman–Crippen MR) is 69.3 cm³/mol. The van der Waals surface area contributed by atoms with Crippen molar-refractivity contribution in [3.05, 3.63) is 42.2 Å². The second-order valence-corrected chi connectivity index (χ2v) is 5.48. The molecule has 1 unspecified atom stereocenters. The fourth-order valence-electron chi connectivity index (χ4n) is 1.87. The predicted octanol–water partition coefficient (Wildman–Crippen LogP) is 3.67. The molecule has 1 aliphatic rings. The minimum atomic E-state index is 0.00971. The fraction of sp³-hybridized carbons (Fsp3) is 0.467. The number of hydrogen-bond donors (Lipinski definition) is 0. The van der Waals surface area contributed by atoms with Gasteiger partial charge in [0.15, 0.2) is 6.10 Å². The van der Waals surface area contributed by atoms with Crippen molar-refractivity contribution in [3.63, 3.8) is 0 Å². The van der Waals surface area contributed by atoms with Gasteiger partial charge < -0.3 is 9.47 Å². The molecular formula is C15H20O2. The lowest BCUT2D eigenvalue weighted by molar-refractivity contribution is 0.212. The molecule has 2 rings (SSSR count). The van der Waals surface area contributed by atoms with Crippen molar-refractivity contribution in [1.29, 1.82) is 0 Å². The molecule has 0 aromatic heterocycles. The van der Waals surface area contributed by atoms with E-state index in [0.29, 0.717) is 6.61 Å². The van der Waals surface area contributed by atoms with E-state index in [2.05, 4.69) is 39.5 Å². The van der Waals surface area contributed by atoms with Gasteiger partial charge in [-0.05, 0) is 23.1 Å². The Labute approximate surface area is 103 Å². The van der Waals surface area contributed by atoms with Gasteiger partial charge in [-0.1, -0.05) is 39.5 Å². The van der Waals surface area contributed by atoms with Crippen LogP contribution in [0.25, 0.3) is 0 Å². The molecule has 1 aromatic rings. The molecule has 2 nitrogen and oxygen atoms in total. The first-order valence-corrected chi connectivity index (χ1v) is 6.05. The van der Waals surface area contributed by atoms with Crippen LogP contribution >= 0.6 is 0 Å². The zero-order valence-electron chi connectivity index (χ0n) is 10.8. The molecule has 1 aromatic carbocycles. The van der Waals surface area contributed by atoms with Gasteiger partial charge in [0, 0.05) is 6.42 Å². The van der Waals surface area contributed by atoms with Crippen LogP contribution in [0.2, 0.25) is 0 Å². The smallest absolute Gasteiger partial charge is 0.158 e. The topological polar surface area (TPSA) is 18.5 Å². The average Bonchev–Trinajstić information content (AvgIpc) is 2.64. The van der Waals surface area contributed by atoms with Gasteiger partial charge in [-0.3, -0.25) is 0 Å². The standard InChI is InChI=1S/C15H20O2/c1-11-14(9-10-16-11)17-13-7-5-12(6-8-13)15(2,3)4/h5-8,14H,1,9-10H2,2-4H3. The Hall–Kier alpha value is -1.44. The van der Waals surface area contributed by atoms with Gasteiger partial charge >= 0.3 is 0 Å². The summed E-state index contributed by atoms with van der Waals surface area (Å²) in [6.45, 7) is 11.2. The quantitative estimate of drug-likeness (QED) is 0.774. The molecule has 0 amide bonds. The number of benzene rings is 1. The second kappa shape index (κ2) is 4.44. The van der Waals surface area contributed by atoms with Gasteiger partial charge in [0.05, 0.1) is 6.61 Å². The van der Waals surface area contributed by atoms with Crippen molar-refractivity contribution in [1.82, 2.24) is 0 Å². The Morgan fingerprint density at radius 1 is 1.24 bits per heavy atom. The van der Waals surface area contributed by atoms with Crippen molar-refractivity contribution in [2.75, 3.05) is 6.61 Å². The molecule has 0 bridgehead atoms. The van der Waals surface area contributed by atoms with Gasteiger partial charge in [0.2, 0.25) is 0 Å². The number of hydrogen-bond acceptors (Lipinski definition) is 2. The van der Waals surface area contributed by atoms with E-state index in [1.165, 1.54) is 5.56 Å². The summed E-state index contributed by atoms with van der Waals surface area (Å²) in [6.07, 6.45) is 0.898. The van der Waals surface area contributed by atoms with Crippen LogP contribution in [0.15, 0.2) is 36.6 Å². The van der Waals surface area contributed by atoms with Crippen LogP contribution in [0.1, 0.15) is 32.8 Å². The monoisotopic (exact) mass is 232 g/mol. The largest absolute Gasteiger partial charge is 0.494 e. The summed E-state index contributed by atoms with van der Waals surface area (Å²) < 4.78 is 11.1. The molecule has 1 atom stereocenters. The molecule has 1 saturated heterocycles. The van der Waals surface area contributed by atoms with Gasteiger partial charge in [-0.25, -0.2) is 0 Å². The zero-order chi connectivity index (χ0) is 12.5. The van der Waals surface area contributed by atoms with Crippen LogP contribution in [-0.2, 0) is 10.2 Å². The first-order valence-electron chi connectivity index (χ1n) is 6.05. The lowest BCUT2D eigenvalue weighted by Gasteiger charge is -2.20. The van der Waals surface area contributed by atoms with E-state index in [9.17, 15) is 0 Å². The third kappa shape index (κ3) is 2.82. The molecule has 2 heteroatoms. The lowest BCUT2D eigenvalue weighted by atomic mass is 9.87. The van der Waals surface area contributed by atoms with E-state index >= 15 is 0 Å². The molecular weight excluding hydrogens is 212 g/mol. The maximum atomic E-state index is 5.83. The van der Waals surface area contributed by atoms with Crippen molar-refractivity contribution in [3.8, 4) is 5.75 Å². The maximum Gasteiger partial charge on any atom is 0.158 e. The van der Waals surface area contributed by atoms with Crippen molar-refractivity contribution in [2.45, 2.75) is 38.7 Å². The molecule has 17 heavy (non-hydrogen) atoms. The minimum Gasteiger partial charge on any atom is -0.494 e. The first kappa shape index (κ1) is 12.0. The minimum absolute atomic E-state index is 0.00971. The van der Waals surface area contributed by atoms with Crippen molar-refractivity contribution < 1.29 is 9.47 Å². The zero-order valence-corrected chi connectivity index (χ0v) is 10.8. The highest BCUT2D eigenvalue weighted by Crippen LogP contribution is 2.27. The Balaban J connectivity index is 2.06. The van der Waals surface area contributed by atoms with Gasteiger partial charge in [-0.2, -0.15) is 0 Å². The van der Waals surface area contributed by atoms with E-state index in [1.54, 1.807) is 0 Å². The van der Waals surface area contributed by atoms with E-state index in [-0.39, 0.29) is 11.5 Å². The van der Waals surface area contributed by atoms with Gasteiger partial charge in [0.25, 0.3) is 0 Å². The van der Waals surface area contributed by atoms with Crippen LogP contribution in [0.3, 0.4) is 0 Å². The summed E-state index contributed by atoms with van der Waals surface area (Å²) in [5.74, 6) is 1.62. The highest BCUT2D eigenvalue weighted by Gasteiger charge is 2.22. The maximum absolute atomic E-state index is 5.83. The number of ether oxygens (including phenoxy) is 2. The highest BCUT2D eigenvalue weighted by molar-refractivity contribution is 5.31. The van der Waals surface area contributed by atoms with E-state index in [1.807, 2.05) is 12.1 Å².